The van der Waals surface area contributed by atoms with Gasteiger partial charge in [0.15, 0.2) is 5.79 Å². The predicted octanol–water partition coefficient (Wildman–Crippen LogP) is 2.88. The van der Waals surface area contributed by atoms with E-state index >= 15 is 0 Å². The van der Waals surface area contributed by atoms with E-state index in [4.69, 9.17) is 9.47 Å². The minimum atomic E-state index is -0.303. The highest BCUT2D eigenvalue weighted by Gasteiger charge is 2.38. The number of hydrogen-bond donors (Lipinski definition) is 0. The number of hydrogen-bond acceptors (Lipinski definition) is 2. The van der Waals surface area contributed by atoms with Crippen molar-refractivity contribution in [2.45, 2.75) is 51.4 Å². The van der Waals surface area contributed by atoms with Crippen molar-refractivity contribution in [2.75, 3.05) is 6.61 Å². The molecule has 1 saturated heterocycles. The molecule has 0 spiro atoms. The maximum absolute atomic E-state index is 5.84. The Labute approximate surface area is 80.9 Å². The van der Waals surface area contributed by atoms with Gasteiger partial charge in [-0.1, -0.05) is 32.8 Å². The van der Waals surface area contributed by atoms with E-state index in [1.165, 1.54) is 0 Å². The molecule has 1 unspecified atom stereocenters. The van der Waals surface area contributed by atoms with Crippen LogP contribution in [0.3, 0.4) is 0 Å². The summed E-state index contributed by atoms with van der Waals surface area (Å²) in [5.74, 6) is -0.303. The van der Waals surface area contributed by atoms with Crippen molar-refractivity contribution >= 4 is 0 Å². The summed E-state index contributed by atoms with van der Waals surface area (Å²) in [6, 6.07) is 0. The summed E-state index contributed by atoms with van der Waals surface area (Å²) in [5.41, 5.74) is 0. The Bertz CT molecular complexity index is 159. The first-order valence-electron chi connectivity index (χ1n) is 5.20. The average Bonchev–Trinajstić information content (AvgIpc) is 2.50. The van der Waals surface area contributed by atoms with Gasteiger partial charge in [-0.15, -0.1) is 6.58 Å². The molecule has 2 nitrogen and oxygen atoms in total. The first-order valence-corrected chi connectivity index (χ1v) is 5.20. The highest BCUT2D eigenvalue weighted by molar-refractivity contribution is 4.88. The highest BCUT2D eigenvalue weighted by Crippen LogP contribution is 2.32. The fourth-order valence-corrected chi connectivity index (χ4v) is 1.84. The minimum Gasteiger partial charge on any atom is -0.347 e. The molecule has 0 N–H and O–H groups in total. The molecule has 76 valence electrons. The molecule has 0 aromatic carbocycles. The summed E-state index contributed by atoms with van der Waals surface area (Å²) in [4.78, 5) is 0. The molecule has 0 aromatic rings. The van der Waals surface area contributed by atoms with Gasteiger partial charge in [-0.2, -0.15) is 0 Å². The normalized spacial score (nSPS) is 26.2. The van der Waals surface area contributed by atoms with Crippen molar-refractivity contribution in [3.05, 3.63) is 12.7 Å². The van der Waals surface area contributed by atoms with Crippen LogP contribution in [0.5, 0.6) is 0 Å². The standard InChI is InChI=1S/C11H20O2/c1-4-7-11(8-5-2)12-9-10(6-3)13-11/h6,10H,3-5,7-9H2,1-2H3. The van der Waals surface area contributed by atoms with Crippen molar-refractivity contribution in [1.29, 1.82) is 0 Å². The van der Waals surface area contributed by atoms with Crippen LogP contribution in [-0.4, -0.2) is 18.5 Å². The smallest absolute Gasteiger partial charge is 0.169 e. The molecule has 1 atom stereocenters. The largest absolute Gasteiger partial charge is 0.347 e. The molecule has 0 saturated carbocycles. The van der Waals surface area contributed by atoms with Gasteiger partial charge in [-0.3, -0.25) is 0 Å². The summed E-state index contributed by atoms with van der Waals surface area (Å²) < 4.78 is 11.6. The van der Waals surface area contributed by atoms with E-state index in [2.05, 4.69) is 20.4 Å². The van der Waals surface area contributed by atoms with Crippen LogP contribution in [0, 0.1) is 0 Å². The third-order valence-electron chi connectivity index (χ3n) is 2.40. The van der Waals surface area contributed by atoms with Gasteiger partial charge in [-0.25, -0.2) is 0 Å². The minimum absolute atomic E-state index is 0.0955. The first-order chi connectivity index (χ1) is 6.26. The summed E-state index contributed by atoms with van der Waals surface area (Å²) in [7, 11) is 0. The second-order valence-corrected chi connectivity index (χ2v) is 3.61. The fourth-order valence-electron chi connectivity index (χ4n) is 1.84. The molecule has 1 heterocycles. The van der Waals surface area contributed by atoms with Gasteiger partial charge >= 0.3 is 0 Å². The van der Waals surface area contributed by atoms with Crippen molar-refractivity contribution in [3.63, 3.8) is 0 Å². The van der Waals surface area contributed by atoms with Crippen LogP contribution < -0.4 is 0 Å². The Morgan fingerprint density at radius 2 is 2.00 bits per heavy atom. The molecule has 1 rings (SSSR count). The molecule has 0 aliphatic carbocycles. The van der Waals surface area contributed by atoms with Crippen LogP contribution >= 0.6 is 0 Å². The SMILES string of the molecule is C=CC1COC(CCC)(CCC)O1. The second-order valence-electron chi connectivity index (χ2n) is 3.61. The van der Waals surface area contributed by atoms with Crippen molar-refractivity contribution in [3.8, 4) is 0 Å². The lowest BCUT2D eigenvalue weighted by Crippen LogP contribution is -2.30. The predicted molar refractivity (Wildman–Crippen MR) is 53.6 cm³/mol. The Hall–Kier alpha value is -0.340. The van der Waals surface area contributed by atoms with Crippen LogP contribution in [0.1, 0.15) is 39.5 Å². The van der Waals surface area contributed by atoms with E-state index < -0.39 is 0 Å². The monoisotopic (exact) mass is 184 g/mol. The van der Waals surface area contributed by atoms with Crippen LogP contribution in [0.2, 0.25) is 0 Å². The molecular formula is C11H20O2. The molecule has 1 fully saturated rings. The van der Waals surface area contributed by atoms with Crippen molar-refractivity contribution in [1.82, 2.24) is 0 Å². The van der Waals surface area contributed by atoms with E-state index in [1.54, 1.807) is 0 Å². The van der Waals surface area contributed by atoms with Crippen LogP contribution in [-0.2, 0) is 9.47 Å². The molecule has 1 aliphatic heterocycles. The fraction of sp³-hybridized carbons (Fsp3) is 0.818. The third-order valence-corrected chi connectivity index (χ3v) is 2.40. The lowest BCUT2D eigenvalue weighted by atomic mass is 10.1. The van der Waals surface area contributed by atoms with E-state index in [-0.39, 0.29) is 11.9 Å². The topological polar surface area (TPSA) is 18.5 Å². The van der Waals surface area contributed by atoms with Crippen molar-refractivity contribution < 1.29 is 9.47 Å². The third kappa shape index (κ3) is 2.55. The first kappa shape index (κ1) is 10.7. The molecule has 0 bridgehead atoms. The van der Waals surface area contributed by atoms with Gasteiger partial charge < -0.3 is 9.47 Å². The van der Waals surface area contributed by atoms with Gasteiger partial charge in [0.1, 0.15) is 6.10 Å². The Morgan fingerprint density at radius 3 is 2.38 bits per heavy atom. The van der Waals surface area contributed by atoms with E-state index in [0.717, 1.165) is 25.7 Å². The van der Waals surface area contributed by atoms with Crippen molar-refractivity contribution in [2.24, 2.45) is 0 Å². The Morgan fingerprint density at radius 1 is 1.38 bits per heavy atom. The van der Waals surface area contributed by atoms with Gasteiger partial charge in [0, 0.05) is 12.8 Å². The number of rotatable bonds is 5. The summed E-state index contributed by atoms with van der Waals surface area (Å²) in [6.45, 7) is 8.71. The molecular weight excluding hydrogens is 164 g/mol. The molecule has 0 aromatic heterocycles. The van der Waals surface area contributed by atoms with Crippen LogP contribution in [0.4, 0.5) is 0 Å². The van der Waals surface area contributed by atoms with Gasteiger partial charge in [0.2, 0.25) is 0 Å². The zero-order valence-electron chi connectivity index (χ0n) is 8.71. The highest BCUT2D eigenvalue weighted by atomic mass is 16.7. The maximum Gasteiger partial charge on any atom is 0.169 e. The molecule has 2 heteroatoms. The van der Waals surface area contributed by atoms with E-state index in [0.29, 0.717) is 6.61 Å². The second kappa shape index (κ2) is 4.77. The Kier molecular flexibility index (Phi) is 3.94. The lowest BCUT2D eigenvalue weighted by Gasteiger charge is -2.26. The zero-order valence-corrected chi connectivity index (χ0v) is 8.71. The van der Waals surface area contributed by atoms with Crippen LogP contribution in [0.15, 0.2) is 12.7 Å². The number of ether oxygens (including phenoxy) is 2. The van der Waals surface area contributed by atoms with Crippen LogP contribution in [0.25, 0.3) is 0 Å². The van der Waals surface area contributed by atoms with Gasteiger partial charge in [-0.05, 0) is 0 Å². The quantitative estimate of drug-likeness (QED) is 0.612. The molecule has 0 radical (unpaired) electrons. The van der Waals surface area contributed by atoms with Gasteiger partial charge in [0.25, 0.3) is 0 Å². The summed E-state index contributed by atoms with van der Waals surface area (Å²) in [6.07, 6.45) is 6.11. The molecule has 13 heavy (non-hydrogen) atoms. The Balaban J connectivity index is 2.53. The summed E-state index contributed by atoms with van der Waals surface area (Å²) >= 11 is 0. The lowest BCUT2D eigenvalue weighted by molar-refractivity contribution is -0.173. The maximum atomic E-state index is 5.84. The van der Waals surface area contributed by atoms with E-state index in [1.807, 2.05) is 6.08 Å². The van der Waals surface area contributed by atoms with E-state index in [9.17, 15) is 0 Å². The summed E-state index contributed by atoms with van der Waals surface area (Å²) in [5, 5.41) is 0. The zero-order chi connectivity index (χ0) is 9.73. The molecule has 1 aliphatic rings. The van der Waals surface area contributed by atoms with Gasteiger partial charge in [0.05, 0.1) is 6.61 Å². The average molecular weight is 184 g/mol. The molecule has 0 amide bonds.